The molecule has 0 heterocycles. The van der Waals surface area contributed by atoms with Crippen molar-refractivity contribution in [3.63, 3.8) is 0 Å². The van der Waals surface area contributed by atoms with Gasteiger partial charge in [-0.05, 0) is 6.92 Å². The molecule has 2 N–H and O–H groups in total. The number of carbonyl (C=O) groups is 2. The third-order valence-corrected chi connectivity index (χ3v) is 0.802. The summed E-state index contributed by atoms with van der Waals surface area (Å²) in [6.07, 6.45) is 0. The van der Waals surface area contributed by atoms with E-state index in [-0.39, 0.29) is 6.61 Å². The summed E-state index contributed by atoms with van der Waals surface area (Å²) in [4.78, 5) is 23.3. The van der Waals surface area contributed by atoms with E-state index in [2.05, 4.69) is 15.3 Å². The predicted octanol–water partition coefficient (Wildman–Crippen LogP) is -1.29. The predicted molar refractivity (Wildman–Crippen MR) is 34.5 cm³/mol. The largest absolute Gasteiger partial charge is 0.462 e. The fourth-order valence-electron chi connectivity index (χ4n) is 0.390. The highest BCUT2D eigenvalue weighted by molar-refractivity contribution is 6.61. The second-order valence-electron chi connectivity index (χ2n) is 1.53. The molecule has 1 amide bonds. The molecule has 0 atom stereocenters. The summed E-state index contributed by atoms with van der Waals surface area (Å²) >= 11 is 0. The van der Waals surface area contributed by atoms with E-state index in [1.54, 1.807) is 6.92 Å². The molecule has 0 bridgehead atoms. The Morgan fingerprint density at radius 2 is 2.18 bits per heavy atom. The molecule has 11 heavy (non-hydrogen) atoms. The van der Waals surface area contributed by atoms with Crippen LogP contribution < -0.4 is 5.73 Å². The molecule has 0 aromatic carbocycles. The molecule has 0 unspecified atom stereocenters. The second-order valence-corrected chi connectivity index (χ2v) is 1.53. The number of hydrogen-bond donors (Lipinski definition) is 1. The smallest absolute Gasteiger partial charge is 0.457 e. The number of primary amides is 1. The van der Waals surface area contributed by atoms with E-state index in [9.17, 15) is 9.59 Å². The zero-order valence-electron chi connectivity index (χ0n) is 5.90. The van der Waals surface area contributed by atoms with E-state index in [0.29, 0.717) is 0 Å². The normalized spacial score (nSPS) is 8.09. The van der Waals surface area contributed by atoms with Crippen molar-refractivity contribution in [2.75, 3.05) is 6.61 Å². The number of rotatable bonds is 3. The maximum absolute atomic E-state index is 10.6. The maximum Gasteiger partial charge on any atom is 0.462 e. The van der Waals surface area contributed by atoms with E-state index in [1.165, 1.54) is 0 Å². The van der Waals surface area contributed by atoms with Crippen LogP contribution in [0.5, 0.6) is 0 Å². The van der Waals surface area contributed by atoms with Gasteiger partial charge < -0.3 is 16.0 Å². The number of nitrogens with zero attached hydrogens (tertiary/aromatic N) is 2. The molecule has 0 fully saturated rings. The van der Waals surface area contributed by atoms with Crippen molar-refractivity contribution < 1.29 is 19.1 Å². The van der Waals surface area contributed by atoms with Gasteiger partial charge in [-0.3, -0.25) is 4.79 Å². The number of esters is 1. The lowest BCUT2D eigenvalue weighted by molar-refractivity contribution is -0.141. The van der Waals surface area contributed by atoms with Gasteiger partial charge in [-0.1, -0.05) is 0 Å². The summed E-state index contributed by atoms with van der Waals surface area (Å²) in [7, 11) is 0. The third kappa shape index (κ3) is 2.59. The number of carbonyl (C=O) groups excluding carboxylic acids is 2. The standard InChI is InChI=1S/C5H7N3O3/c1-2-11-5(10)3(8-7)4(6)9/h2H2,1H3,(H2,6,9). The average Bonchev–Trinajstić information content (AvgIpc) is 1.88. The number of ether oxygens (including phenoxy) is 1. The molecule has 0 aromatic heterocycles. The SMILES string of the molecule is CCOC(=O)C(=[N+]=[N-])C(N)=O. The molecular formula is C5H7N3O3. The monoisotopic (exact) mass is 157 g/mol. The van der Waals surface area contributed by atoms with E-state index in [0.717, 1.165) is 0 Å². The second kappa shape index (κ2) is 4.19. The van der Waals surface area contributed by atoms with Crippen molar-refractivity contribution in [2.45, 2.75) is 6.92 Å². The highest BCUT2D eigenvalue weighted by Gasteiger charge is 2.28. The Labute approximate surface area is 62.6 Å². The summed E-state index contributed by atoms with van der Waals surface area (Å²) < 4.78 is 4.33. The first-order valence-electron chi connectivity index (χ1n) is 2.82. The van der Waals surface area contributed by atoms with Gasteiger partial charge >= 0.3 is 17.6 Å². The van der Waals surface area contributed by atoms with Crippen LogP contribution in [0.25, 0.3) is 5.53 Å². The van der Waals surface area contributed by atoms with Crippen LogP contribution in [0, 0.1) is 0 Å². The Hall–Kier alpha value is -1.68. The van der Waals surface area contributed by atoms with Crippen molar-refractivity contribution in [1.29, 1.82) is 0 Å². The number of amides is 1. The van der Waals surface area contributed by atoms with Gasteiger partial charge in [0.25, 0.3) is 0 Å². The van der Waals surface area contributed by atoms with Gasteiger partial charge in [0, 0.05) is 0 Å². The fourth-order valence-corrected chi connectivity index (χ4v) is 0.390. The summed E-state index contributed by atoms with van der Waals surface area (Å²) in [6, 6.07) is 0. The summed E-state index contributed by atoms with van der Waals surface area (Å²) in [6.45, 7) is 1.64. The molecule has 0 saturated carbocycles. The van der Waals surface area contributed by atoms with E-state index < -0.39 is 17.6 Å². The first kappa shape index (κ1) is 9.32. The first-order valence-corrected chi connectivity index (χ1v) is 2.82. The number of nitrogens with two attached hydrogens (primary N) is 1. The fraction of sp³-hybridized carbons (Fsp3) is 0.400. The average molecular weight is 157 g/mol. The van der Waals surface area contributed by atoms with Crippen molar-refractivity contribution in [3.05, 3.63) is 5.53 Å². The van der Waals surface area contributed by atoms with Gasteiger partial charge in [0.2, 0.25) is 0 Å². The van der Waals surface area contributed by atoms with Gasteiger partial charge in [-0.25, -0.2) is 4.79 Å². The van der Waals surface area contributed by atoms with Crippen molar-refractivity contribution >= 4 is 17.6 Å². The van der Waals surface area contributed by atoms with E-state index >= 15 is 0 Å². The molecule has 0 saturated heterocycles. The highest BCUT2D eigenvalue weighted by Crippen LogP contribution is 1.79. The molecule has 0 aliphatic rings. The Morgan fingerprint density at radius 3 is 2.45 bits per heavy atom. The minimum Gasteiger partial charge on any atom is -0.457 e. The summed E-state index contributed by atoms with van der Waals surface area (Å²) in [5.74, 6) is -2.14. The first-order chi connectivity index (χ1) is 5.13. The van der Waals surface area contributed by atoms with Crippen LogP contribution in [0.4, 0.5) is 0 Å². The molecule has 0 spiro atoms. The molecule has 0 rings (SSSR count). The lowest BCUT2D eigenvalue weighted by Gasteiger charge is -1.92. The molecule has 6 nitrogen and oxygen atoms in total. The minimum atomic E-state index is -1.12. The molecule has 0 aliphatic carbocycles. The Balaban J connectivity index is 4.42. The number of hydrogen-bond acceptors (Lipinski definition) is 3. The zero-order valence-corrected chi connectivity index (χ0v) is 5.90. The van der Waals surface area contributed by atoms with Gasteiger partial charge in [0.1, 0.15) is 0 Å². The Kier molecular flexibility index (Phi) is 3.55. The highest BCUT2D eigenvalue weighted by atomic mass is 16.5. The van der Waals surface area contributed by atoms with Crippen molar-refractivity contribution in [2.24, 2.45) is 5.73 Å². The van der Waals surface area contributed by atoms with Crippen LogP contribution in [0.1, 0.15) is 6.92 Å². The van der Waals surface area contributed by atoms with Crippen LogP contribution in [0.3, 0.4) is 0 Å². The topological polar surface area (TPSA) is 106 Å². The van der Waals surface area contributed by atoms with Gasteiger partial charge in [-0.15, -0.1) is 0 Å². The van der Waals surface area contributed by atoms with Crippen LogP contribution in [0.15, 0.2) is 0 Å². The quantitative estimate of drug-likeness (QED) is 0.181. The Morgan fingerprint density at radius 1 is 1.64 bits per heavy atom. The molecule has 0 aliphatic heterocycles. The van der Waals surface area contributed by atoms with E-state index in [4.69, 9.17) is 5.53 Å². The Bertz CT molecular complexity index is 229. The van der Waals surface area contributed by atoms with Crippen LogP contribution >= 0.6 is 0 Å². The van der Waals surface area contributed by atoms with Gasteiger partial charge in [0.15, 0.2) is 0 Å². The van der Waals surface area contributed by atoms with Crippen molar-refractivity contribution in [1.82, 2.24) is 0 Å². The lowest BCUT2D eigenvalue weighted by Crippen LogP contribution is -2.32. The summed E-state index contributed by atoms with van der Waals surface area (Å²) in [5, 5.41) is 0. The zero-order chi connectivity index (χ0) is 8.85. The van der Waals surface area contributed by atoms with Gasteiger partial charge in [0.05, 0.1) is 6.61 Å². The van der Waals surface area contributed by atoms with Gasteiger partial charge in [-0.2, -0.15) is 4.79 Å². The molecular weight excluding hydrogens is 150 g/mol. The van der Waals surface area contributed by atoms with Crippen LogP contribution in [-0.2, 0) is 14.3 Å². The van der Waals surface area contributed by atoms with Crippen LogP contribution in [-0.4, -0.2) is 29.0 Å². The third-order valence-electron chi connectivity index (χ3n) is 0.802. The molecule has 60 valence electrons. The lowest BCUT2D eigenvalue weighted by atomic mass is 10.4. The molecule has 0 aromatic rings. The maximum atomic E-state index is 10.6. The van der Waals surface area contributed by atoms with E-state index in [1.807, 2.05) is 0 Å². The summed E-state index contributed by atoms with van der Waals surface area (Å²) in [5.41, 5.74) is 11.9. The molecule has 0 radical (unpaired) electrons. The molecule has 6 heteroatoms. The van der Waals surface area contributed by atoms with Crippen molar-refractivity contribution in [3.8, 4) is 0 Å². The van der Waals surface area contributed by atoms with Crippen LogP contribution in [0.2, 0.25) is 0 Å². The minimum absolute atomic E-state index is 0.0884.